The molecule has 0 heterocycles. The smallest absolute Gasteiger partial charge is 0.311 e. The highest BCUT2D eigenvalue weighted by atomic mass is 19.3. The van der Waals surface area contributed by atoms with Crippen LogP contribution in [0.2, 0.25) is 0 Å². The fourth-order valence-corrected chi connectivity index (χ4v) is 0.995. The van der Waals surface area contributed by atoms with Gasteiger partial charge in [-0.3, -0.25) is 0 Å². The van der Waals surface area contributed by atoms with Crippen LogP contribution in [0.15, 0.2) is 42.1 Å². The number of allylic oxidation sites excluding steroid dienone is 2. The Hall–Kier alpha value is -1.38. The largest absolute Gasteiger partial charge is 0.397 e. The Morgan fingerprint density at radius 2 is 1.85 bits per heavy atom. The van der Waals surface area contributed by atoms with Crippen LogP contribution in [-0.4, -0.2) is 0 Å². The fraction of sp³-hybridized carbons (Fsp3) is 0.200. The Morgan fingerprint density at radius 1 is 1.31 bits per heavy atom. The first-order chi connectivity index (χ1) is 6.09. The highest BCUT2D eigenvalue weighted by molar-refractivity contribution is 5.27. The van der Waals surface area contributed by atoms with Crippen LogP contribution in [0.5, 0.6) is 0 Å². The molecule has 3 heteroatoms. The molecule has 0 spiro atoms. The van der Waals surface area contributed by atoms with E-state index in [-0.39, 0.29) is 5.56 Å². The number of hydrogen-bond donors (Lipinski definition) is 1. The summed E-state index contributed by atoms with van der Waals surface area (Å²) in [6.45, 7) is 1.49. The van der Waals surface area contributed by atoms with Crippen molar-refractivity contribution in [2.24, 2.45) is 5.73 Å². The van der Waals surface area contributed by atoms with E-state index in [1.54, 1.807) is 18.2 Å². The molecule has 0 saturated heterocycles. The molecule has 0 aliphatic rings. The monoisotopic (exact) mass is 183 g/mol. The summed E-state index contributed by atoms with van der Waals surface area (Å²) in [4.78, 5) is 0. The molecule has 0 radical (unpaired) electrons. The van der Waals surface area contributed by atoms with E-state index in [9.17, 15) is 8.78 Å². The standard InChI is InChI=1S/C10H11F2N/c1-2-9(13)10(11,12)8-6-4-3-5-7-8/h2-7H,13H2,1H3/b9-2-. The quantitative estimate of drug-likeness (QED) is 0.749. The van der Waals surface area contributed by atoms with E-state index in [1.807, 2.05) is 0 Å². The van der Waals surface area contributed by atoms with Crippen molar-refractivity contribution in [3.63, 3.8) is 0 Å². The summed E-state index contributed by atoms with van der Waals surface area (Å²) in [6, 6.07) is 7.52. The molecular weight excluding hydrogens is 172 g/mol. The number of alkyl halides is 2. The predicted molar refractivity (Wildman–Crippen MR) is 48.3 cm³/mol. The first-order valence-electron chi connectivity index (χ1n) is 3.94. The van der Waals surface area contributed by atoms with Crippen LogP contribution in [-0.2, 0) is 5.92 Å². The molecule has 0 aliphatic carbocycles. The lowest BCUT2D eigenvalue weighted by Gasteiger charge is -2.16. The lowest BCUT2D eigenvalue weighted by Crippen LogP contribution is -2.22. The average molecular weight is 183 g/mol. The third-order valence-corrected chi connectivity index (χ3v) is 1.81. The molecule has 1 aromatic carbocycles. The van der Waals surface area contributed by atoms with Crippen LogP contribution in [0.4, 0.5) is 8.78 Å². The number of halogens is 2. The summed E-state index contributed by atoms with van der Waals surface area (Å²) in [5.74, 6) is -3.06. The molecule has 0 aromatic heterocycles. The zero-order valence-corrected chi connectivity index (χ0v) is 7.30. The molecular formula is C10H11F2N. The van der Waals surface area contributed by atoms with Crippen molar-refractivity contribution in [2.45, 2.75) is 12.8 Å². The van der Waals surface area contributed by atoms with Crippen molar-refractivity contribution in [1.82, 2.24) is 0 Å². The third-order valence-electron chi connectivity index (χ3n) is 1.81. The van der Waals surface area contributed by atoms with Crippen LogP contribution in [0.3, 0.4) is 0 Å². The van der Waals surface area contributed by atoms with Gasteiger partial charge in [-0.25, -0.2) is 0 Å². The predicted octanol–water partition coefficient (Wildman–Crippen LogP) is 2.64. The van der Waals surface area contributed by atoms with Crippen molar-refractivity contribution in [3.8, 4) is 0 Å². The van der Waals surface area contributed by atoms with Crippen molar-refractivity contribution in [2.75, 3.05) is 0 Å². The number of rotatable bonds is 2. The minimum atomic E-state index is -3.06. The van der Waals surface area contributed by atoms with Gasteiger partial charge in [0.25, 0.3) is 0 Å². The second-order valence-corrected chi connectivity index (χ2v) is 2.68. The van der Waals surface area contributed by atoms with Crippen LogP contribution in [0, 0.1) is 0 Å². The summed E-state index contributed by atoms with van der Waals surface area (Å²) >= 11 is 0. The zero-order chi connectivity index (χ0) is 9.90. The van der Waals surface area contributed by atoms with Gasteiger partial charge in [0.05, 0.1) is 5.70 Å². The summed E-state index contributed by atoms with van der Waals surface area (Å²) in [6.07, 6.45) is 1.22. The average Bonchev–Trinajstić information content (AvgIpc) is 2.18. The van der Waals surface area contributed by atoms with E-state index in [2.05, 4.69) is 0 Å². The van der Waals surface area contributed by atoms with Gasteiger partial charge in [-0.05, 0) is 6.92 Å². The summed E-state index contributed by atoms with van der Waals surface area (Å²) in [7, 11) is 0. The highest BCUT2D eigenvalue weighted by Crippen LogP contribution is 2.32. The molecule has 0 amide bonds. The Morgan fingerprint density at radius 3 is 2.31 bits per heavy atom. The Balaban J connectivity index is 3.08. The van der Waals surface area contributed by atoms with Gasteiger partial charge in [0.2, 0.25) is 0 Å². The fourth-order valence-electron chi connectivity index (χ4n) is 0.995. The van der Waals surface area contributed by atoms with E-state index in [1.165, 1.54) is 25.1 Å². The number of nitrogens with two attached hydrogens (primary N) is 1. The van der Waals surface area contributed by atoms with Gasteiger partial charge in [-0.2, -0.15) is 8.78 Å². The molecule has 2 N–H and O–H groups in total. The molecule has 70 valence electrons. The molecule has 13 heavy (non-hydrogen) atoms. The molecule has 0 atom stereocenters. The van der Waals surface area contributed by atoms with E-state index < -0.39 is 11.6 Å². The molecule has 0 aliphatic heterocycles. The molecule has 0 saturated carbocycles. The maximum absolute atomic E-state index is 13.4. The van der Waals surface area contributed by atoms with Crippen molar-refractivity contribution in [3.05, 3.63) is 47.7 Å². The van der Waals surface area contributed by atoms with Gasteiger partial charge in [0, 0.05) is 5.56 Å². The van der Waals surface area contributed by atoms with E-state index in [4.69, 9.17) is 5.73 Å². The maximum atomic E-state index is 13.4. The minimum Gasteiger partial charge on any atom is -0.397 e. The van der Waals surface area contributed by atoms with Crippen LogP contribution < -0.4 is 5.73 Å². The Bertz CT molecular complexity index is 304. The molecule has 0 fully saturated rings. The summed E-state index contributed by atoms with van der Waals surface area (Å²) < 4.78 is 26.7. The SMILES string of the molecule is C/C=C(\N)C(F)(F)c1ccccc1. The van der Waals surface area contributed by atoms with Crippen molar-refractivity contribution >= 4 is 0 Å². The molecule has 1 aromatic rings. The molecule has 1 rings (SSSR count). The van der Waals surface area contributed by atoms with Crippen LogP contribution in [0.1, 0.15) is 12.5 Å². The third kappa shape index (κ3) is 1.86. The maximum Gasteiger partial charge on any atom is 0.311 e. The number of benzene rings is 1. The lowest BCUT2D eigenvalue weighted by atomic mass is 10.1. The Labute approximate surface area is 75.9 Å². The van der Waals surface area contributed by atoms with E-state index in [0.29, 0.717) is 0 Å². The van der Waals surface area contributed by atoms with Crippen LogP contribution >= 0.6 is 0 Å². The Kier molecular flexibility index (Phi) is 2.66. The van der Waals surface area contributed by atoms with Crippen molar-refractivity contribution in [1.29, 1.82) is 0 Å². The topological polar surface area (TPSA) is 26.0 Å². The van der Waals surface area contributed by atoms with Crippen LogP contribution in [0.25, 0.3) is 0 Å². The van der Waals surface area contributed by atoms with Gasteiger partial charge in [-0.1, -0.05) is 36.4 Å². The van der Waals surface area contributed by atoms with Gasteiger partial charge < -0.3 is 5.73 Å². The lowest BCUT2D eigenvalue weighted by molar-refractivity contribution is 0.0361. The van der Waals surface area contributed by atoms with E-state index >= 15 is 0 Å². The summed E-state index contributed by atoms with van der Waals surface area (Å²) in [5.41, 5.74) is 4.70. The molecule has 0 bridgehead atoms. The second-order valence-electron chi connectivity index (χ2n) is 2.68. The second kappa shape index (κ2) is 3.56. The molecule has 1 nitrogen and oxygen atoms in total. The summed E-state index contributed by atoms with van der Waals surface area (Å²) in [5, 5.41) is 0. The first-order valence-corrected chi connectivity index (χ1v) is 3.94. The number of hydrogen-bond acceptors (Lipinski definition) is 1. The van der Waals surface area contributed by atoms with Gasteiger partial charge in [-0.15, -0.1) is 0 Å². The van der Waals surface area contributed by atoms with Crippen molar-refractivity contribution < 1.29 is 8.78 Å². The zero-order valence-electron chi connectivity index (χ0n) is 7.30. The van der Waals surface area contributed by atoms with Gasteiger partial charge >= 0.3 is 5.92 Å². The normalized spacial score (nSPS) is 13.0. The highest BCUT2D eigenvalue weighted by Gasteiger charge is 2.33. The minimum absolute atomic E-state index is 0.0781. The van der Waals surface area contributed by atoms with E-state index in [0.717, 1.165) is 0 Å². The first kappa shape index (κ1) is 9.71. The van der Waals surface area contributed by atoms with Gasteiger partial charge in [0.1, 0.15) is 0 Å². The molecule has 0 unspecified atom stereocenters. The van der Waals surface area contributed by atoms with Gasteiger partial charge in [0.15, 0.2) is 0 Å².